The Balaban J connectivity index is 2.06. The second kappa shape index (κ2) is 3.18. The summed E-state index contributed by atoms with van der Waals surface area (Å²) in [5, 5.41) is 10.3. The summed E-state index contributed by atoms with van der Waals surface area (Å²) >= 11 is 0. The Labute approximate surface area is 71.4 Å². The third-order valence-electron chi connectivity index (χ3n) is 1.75. The molecule has 1 rings (SSSR count). The minimum atomic E-state index is -0.439. The minimum absolute atomic E-state index is 0.126. The standard InChI is InChI=1S/C7H14N4O/c1-5(8)6(12)9-4-3-7(2)10-11-7/h5H,3-4,8H2,1-2H3,(H,9,12)/t5-/m0/s1. The van der Waals surface area contributed by atoms with Gasteiger partial charge < -0.3 is 11.1 Å². The van der Waals surface area contributed by atoms with E-state index >= 15 is 0 Å². The molecule has 1 heterocycles. The maximum atomic E-state index is 11.0. The van der Waals surface area contributed by atoms with E-state index in [4.69, 9.17) is 5.73 Å². The zero-order chi connectivity index (χ0) is 9.19. The van der Waals surface area contributed by atoms with E-state index in [1.165, 1.54) is 0 Å². The molecule has 0 fully saturated rings. The lowest BCUT2D eigenvalue weighted by Gasteiger charge is -2.08. The summed E-state index contributed by atoms with van der Waals surface area (Å²) in [6, 6.07) is -0.439. The van der Waals surface area contributed by atoms with Crippen molar-refractivity contribution in [2.75, 3.05) is 6.54 Å². The number of nitrogens with one attached hydrogen (secondary N) is 1. The van der Waals surface area contributed by atoms with Crippen LogP contribution in [-0.4, -0.2) is 24.2 Å². The van der Waals surface area contributed by atoms with Gasteiger partial charge in [0, 0.05) is 13.0 Å². The monoisotopic (exact) mass is 170 g/mol. The summed E-state index contributed by atoms with van der Waals surface area (Å²) in [4.78, 5) is 11.0. The molecule has 1 atom stereocenters. The zero-order valence-electron chi connectivity index (χ0n) is 7.37. The average Bonchev–Trinajstić information content (AvgIpc) is 2.68. The fraction of sp³-hybridized carbons (Fsp3) is 0.857. The SMILES string of the molecule is C[C@H](N)C(=O)NCCC1(C)N=N1. The van der Waals surface area contributed by atoms with Crippen LogP contribution in [0.2, 0.25) is 0 Å². The molecule has 1 amide bonds. The van der Waals surface area contributed by atoms with Gasteiger partial charge in [-0.25, -0.2) is 0 Å². The molecule has 3 N–H and O–H groups in total. The first-order chi connectivity index (χ1) is 5.53. The highest BCUT2D eigenvalue weighted by Crippen LogP contribution is 2.29. The summed E-state index contributed by atoms with van der Waals surface area (Å²) in [6.07, 6.45) is 0.755. The minimum Gasteiger partial charge on any atom is -0.355 e. The van der Waals surface area contributed by atoms with Crippen LogP contribution in [0.3, 0.4) is 0 Å². The van der Waals surface area contributed by atoms with E-state index in [2.05, 4.69) is 15.5 Å². The lowest BCUT2D eigenvalue weighted by molar-refractivity contribution is -0.121. The fourth-order valence-corrected chi connectivity index (χ4v) is 0.769. The van der Waals surface area contributed by atoms with Crippen molar-refractivity contribution in [2.24, 2.45) is 16.0 Å². The third-order valence-corrected chi connectivity index (χ3v) is 1.75. The van der Waals surface area contributed by atoms with Gasteiger partial charge in [0.2, 0.25) is 5.91 Å². The summed E-state index contributed by atoms with van der Waals surface area (Å²) in [5.41, 5.74) is 5.11. The predicted octanol–water partition coefficient (Wildman–Crippen LogP) is 0.0219. The quantitative estimate of drug-likeness (QED) is 0.623. The number of carbonyl (C=O) groups is 1. The van der Waals surface area contributed by atoms with Crippen molar-refractivity contribution in [3.63, 3.8) is 0 Å². The van der Waals surface area contributed by atoms with Gasteiger partial charge in [0.1, 0.15) is 0 Å². The number of carbonyl (C=O) groups excluding carboxylic acids is 1. The number of rotatable bonds is 4. The second-order valence-electron chi connectivity index (χ2n) is 3.25. The van der Waals surface area contributed by atoms with E-state index in [0.29, 0.717) is 6.54 Å². The molecule has 0 spiro atoms. The van der Waals surface area contributed by atoms with Gasteiger partial charge in [0.05, 0.1) is 6.04 Å². The predicted molar refractivity (Wildman–Crippen MR) is 44.5 cm³/mol. The first kappa shape index (κ1) is 9.12. The van der Waals surface area contributed by atoms with Crippen molar-refractivity contribution < 1.29 is 4.79 Å². The largest absolute Gasteiger partial charge is 0.355 e. The van der Waals surface area contributed by atoms with Gasteiger partial charge in [0.15, 0.2) is 5.66 Å². The van der Waals surface area contributed by atoms with Crippen LogP contribution in [0, 0.1) is 0 Å². The van der Waals surface area contributed by atoms with Gasteiger partial charge in [0.25, 0.3) is 0 Å². The first-order valence-electron chi connectivity index (χ1n) is 4.01. The topological polar surface area (TPSA) is 79.8 Å². The lowest BCUT2D eigenvalue weighted by atomic mass is 10.2. The van der Waals surface area contributed by atoms with E-state index in [1.54, 1.807) is 6.92 Å². The first-order valence-corrected chi connectivity index (χ1v) is 4.01. The summed E-state index contributed by atoms with van der Waals surface area (Å²) in [6.45, 7) is 4.16. The van der Waals surface area contributed by atoms with Gasteiger partial charge in [-0.2, -0.15) is 10.2 Å². The fourth-order valence-electron chi connectivity index (χ4n) is 0.769. The Morgan fingerprint density at radius 3 is 2.67 bits per heavy atom. The van der Waals surface area contributed by atoms with Gasteiger partial charge in [-0.1, -0.05) is 0 Å². The second-order valence-corrected chi connectivity index (χ2v) is 3.25. The Kier molecular flexibility index (Phi) is 2.42. The maximum Gasteiger partial charge on any atom is 0.236 e. The van der Waals surface area contributed by atoms with Crippen LogP contribution in [0.4, 0.5) is 0 Å². The highest BCUT2D eigenvalue weighted by Gasteiger charge is 2.32. The number of nitrogens with zero attached hydrogens (tertiary/aromatic N) is 2. The van der Waals surface area contributed by atoms with Crippen LogP contribution < -0.4 is 11.1 Å². The average molecular weight is 170 g/mol. The van der Waals surface area contributed by atoms with Crippen molar-refractivity contribution in [2.45, 2.75) is 32.0 Å². The molecule has 1 aliphatic heterocycles. The Bertz CT molecular complexity index is 205. The maximum absolute atomic E-state index is 11.0. The van der Waals surface area contributed by atoms with Crippen LogP contribution in [0.5, 0.6) is 0 Å². The molecule has 12 heavy (non-hydrogen) atoms. The molecule has 0 aromatic heterocycles. The lowest BCUT2D eigenvalue weighted by Crippen LogP contribution is -2.39. The van der Waals surface area contributed by atoms with E-state index in [-0.39, 0.29) is 11.6 Å². The summed E-state index contributed by atoms with van der Waals surface area (Å²) < 4.78 is 0. The molecule has 0 bridgehead atoms. The Hall–Kier alpha value is -0.970. The van der Waals surface area contributed by atoms with Gasteiger partial charge in [-0.3, -0.25) is 4.79 Å². The Morgan fingerprint density at radius 1 is 1.67 bits per heavy atom. The molecule has 0 unspecified atom stereocenters. The molecular formula is C7H14N4O. The van der Waals surface area contributed by atoms with Crippen molar-refractivity contribution in [1.82, 2.24) is 5.32 Å². The number of nitrogens with two attached hydrogens (primary N) is 1. The van der Waals surface area contributed by atoms with Crippen molar-refractivity contribution >= 4 is 5.91 Å². The van der Waals surface area contributed by atoms with Gasteiger partial charge in [-0.05, 0) is 13.8 Å². The molecule has 0 aromatic rings. The summed E-state index contributed by atoms with van der Waals surface area (Å²) in [7, 11) is 0. The Morgan fingerprint density at radius 2 is 2.25 bits per heavy atom. The third kappa shape index (κ3) is 2.58. The van der Waals surface area contributed by atoms with Crippen LogP contribution in [0.25, 0.3) is 0 Å². The normalized spacial score (nSPS) is 20.2. The molecule has 5 nitrogen and oxygen atoms in total. The molecule has 1 aliphatic rings. The molecule has 0 aromatic carbocycles. The van der Waals surface area contributed by atoms with Gasteiger partial charge in [-0.15, -0.1) is 0 Å². The molecule has 68 valence electrons. The van der Waals surface area contributed by atoms with Crippen molar-refractivity contribution in [3.8, 4) is 0 Å². The van der Waals surface area contributed by atoms with Crippen LogP contribution >= 0.6 is 0 Å². The van der Waals surface area contributed by atoms with E-state index in [9.17, 15) is 4.79 Å². The zero-order valence-corrected chi connectivity index (χ0v) is 7.37. The molecule has 5 heteroatoms. The van der Waals surface area contributed by atoms with Gasteiger partial charge >= 0.3 is 0 Å². The van der Waals surface area contributed by atoms with Crippen molar-refractivity contribution in [1.29, 1.82) is 0 Å². The van der Waals surface area contributed by atoms with Crippen LogP contribution in [-0.2, 0) is 4.79 Å². The molecule has 0 radical (unpaired) electrons. The smallest absolute Gasteiger partial charge is 0.236 e. The molecular weight excluding hydrogens is 156 g/mol. The number of hydrogen-bond donors (Lipinski definition) is 2. The number of hydrogen-bond acceptors (Lipinski definition) is 4. The number of amides is 1. The molecule has 0 aliphatic carbocycles. The van der Waals surface area contributed by atoms with E-state index < -0.39 is 6.04 Å². The summed E-state index contributed by atoms with van der Waals surface area (Å²) in [5.74, 6) is -0.126. The molecule has 0 saturated heterocycles. The highest BCUT2D eigenvalue weighted by molar-refractivity contribution is 5.80. The van der Waals surface area contributed by atoms with Crippen LogP contribution in [0.1, 0.15) is 20.3 Å². The van der Waals surface area contributed by atoms with E-state index in [1.807, 2.05) is 6.92 Å². The van der Waals surface area contributed by atoms with Crippen LogP contribution in [0.15, 0.2) is 10.2 Å². The highest BCUT2D eigenvalue weighted by atomic mass is 16.2. The molecule has 0 saturated carbocycles. The van der Waals surface area contributed by atoms with E-state index in [0.717, 1.165) is 6.42 Å². The van der Waals surface area contributed by atoms with Crippen molar-refractivity contribution in [3.05, 3.63) is 0 Å².